The van der Waals surface area contributed by atoms with Crippen LogP contribution >= 0.6 is 0 Å². The van der Waals surface area contributed by atoms with Crippen LogP contribution in [-0.4, -0.2) is 58.1 Å². The van der Waals surface area contributed by atoms with Gasteiger partial charge in [0, 0.05) is 5.92 Å². The molecule has 8 heteroatoms. The lowest BCUT2D eigenvalue weighted by atomic mass is 9.57. The molecule has 7 unspecified atom stereocenters. The zero-order chi connectivity index (χ0) is 18.5. The molecule has 0 aromatic carbocycles. The van der Waals surface area contributed by atoms with Crippen LogP contribution in [0.1, 0.15) is 33.1 Å². The van der Waals surface area contributed by atoms with Gasteiger partial charge in [0.25, 0.3) is 5.78 Å². The van der Waals surface area contributed by atoms with E-state index >= 15 is 0 Å². The molecule has 7 atom stereocenters. The van der Waals surface area contributed by atoms with Crippen LogP contribution < -0.4 is 0 Å². The molecule has 1 heterocycles. The summed E-state index contributed by atoms with van der Waals surface area (Å²) in [6, 6.07) is 0. The van der Waals surface area contributed by atoms with E-state index in [4.69, 9.17) is 14.6 Å². The monoisotopic (exact) mass is 354 g/mol. The number of aliphatic hydroxyl groups excluding tert-OH is 2. The summed E-state index contributed by atoms with van der Waals surface area (Å²) in [4.78, 5) is 48.2. The molecule has 0 aromatic rings. The van der Waals surface area contributed by atoms with Crippen molar-refractivity contribution in [3.05, 3.63) is 0 Å². The molecule has 3 rings (SSSR count). The Morgan fingerprint density at radius 2 is 2.04 bits per heavy atom. The highest BCUT2D eigenvalue weighted by molar-refractivity contribution is 6.34. The Morgan fingerprint density at radius 3 is 2.68 bits per heavy atom. The summed E-state index contributed by atoms with van der Waals surface area (Å²) < 4.78 is 10.6. The quantitative estimate of drug-likeness (QED) is 0.507. The number of ether oxygens (including phenoxy) is 2. The molecule has 3 aliphatic rings. The summed E-state index contributed by atoms with van der Waals surface area (Å²) in [6.07, 6.45) is -0.509. The molecular weight excluding hydrogens is 332 g/mol. The first kappa shape index (κ1) is 18.0. The summed E-state index contributed by atoms with van der Waals surface area (Å²) in [5, 5.41) is 19.2. The molecule has 0 bridgehead atoms. The van der Waals surface area contributed by atoms with Crippen LogP contribution in [0.4, 0.5) is 0 Å². The molecule has 3 fully saturated rings. The molecule has 8 nitrogen and oxygen atoms in total. The minimum atomic E-state index is -1.26. The van der Waals surface area contributed by atoms with E-state index in [0.717, 1.165) is 0 Å². The van der Waals surface area contributed by atoms with Gasteiger partial charge in [0.15, 0.2) is 0 Å². The average molecular weight is 354 g/mol. The Hall–Kier alpha value is -1.80. The van der Waals surface area contributed by atoms with Gasteiger partial charge in [0.1, 0.15) is 24.1 Å². The van der Waals surface area contributed by atoms with Crippen LogP contribution in [0.2, 0.25) is 0 Å². The highest BCUT2D eigenvalue weighted by atomic mass is 16.6. The van der Waals surface area contributed by atoms with Crippen molar-refractivity contribution in [2.45, 2.75) is 50.9 Å². The standard InChI is InChI=1S/C17H22O8/c1-7-12-11(24-15(7)22)5-8-9(19)3-4-17(2,13(8)14(12)21)25-16(23)10(20)6-18/h7-9,11-13,18-19H,3-6H2,1-2H3. The summed E-state index contributed by atoms with van der Waals surface area (Å²) in [7, 11) is 0. The van der Waals surface area contributed by atoms with E-state index in [1.165, 1.54) is 0 Å². The van der Waals surface area contributed by atoms with Gasteiger partial charge in [0.05, 0.1) is 23.9 Å². The van der Waals surface area contributed by atoms with E-state index < -0.39 is 65.8 Å². The summed E-state index contributed by atoms with van der Waals surface area (Å²) in [6.45, 7) is 2.23. The van der Waals surface area contributed by atoms with Gasteiger partial charge in [-0.3, -0.25) is 14.4 Å². The lowest BCUT2D eigenvalue weighted by molar-refractivity contribution is -0.192. The highest BCUT2D eigenvalue weighted by Gasteiger charge is 2.62. The number of Topliss-reactive ketones (excluding diaryl/α,β-unsaturated/α-hetero) is 2. The zero-order valence-corrected chi connectivity index (χ0v) is 14.1. The predicted molar refractivity (Wildman–Crippen MR) is 81.0 cm³/mol. The number of esters is 2. The topological polar surface area (TPSA) is 127 Å². The van der Waals surface area contributed by atoms with E-state index in [1.54, 1.807) is 13.8 Å². The summed E-state index contributed by atoms with van der Waals surface area (Å²) in [5.41, 5.74) is -1.26. The van der Waals surface area contributed by atoms with Gasteiger partial charge in [-0.15, -0.1) is 0 Å². The highest BCUT2D eigenvalue weighted by Crippen LogP contribution is 2.51. The molecule has 138 valence electrons. The molecule has 0 spiro atoms. The van der Waals surface area contributed by atoms with Gasteiger partial charge in [-0.25, -0.2) is 4.79 Å². The number of aliphatic hydroxyl groups is 2. The number of rotatable bonds is 3. The second kappa shape index (κ2) is 6.17. The largest absolute Gasteiger partial charge is 0.461 e. The maximum Gasteiger partial charge on any atom is 0.377 e. The molecule has 2 aliphatic carbocycles. The Labute approximate surface area is 144 Å². The van der Waals surface area contributed by atoms with E-state index in [9.17, 15) is 24.3 Å². The van der Waals surface area contributed by atoms with Crippen LogP contribution in [0.15, 0.2) is 0 Å². The van der Waals surface area contributed by atoms with Gasteiger partial charge in [-0.1, -0.05) is 6.92 Å². The Kier molecular flexibility index (Phi) is 4.45. The first-order valence-electron chi connectivity index (χ1n) is 8.49. The molecule has 2 N–H and O–H groups in total. The first-order valence-corrected chi connectivity index (χ1v) is 8.49. The van der Waals surface area contributed by atoms with Crippen LogP contribution in [-0.2, 0) is 28.7 Å². The normalized spacial score (nSPS) is 43.0. The fourth-order valence-corrected chi connectivity index (χ4v) is 4.63. The summed E-state index contributed by atoms with van der Waals surface area (Å²) >= 11 is 0. The van der Waals surface area contributed by atoms with Gasteiger partial charge >= 0.3 is 11.9 Å². The third-order valence-electron chi connectivity index (χ3n) is 5.93. The van der Waals surface area contributed by atoms with Crippen molar-refractivity contribution < 1.29 is 38.9 Å². The molecule has 0 amide bonds. The van der Waals surface area contributed by atoms with E-state index in [1.807, 2.05) is 0 Å². The Morgan fingerprint density at radius 1 is 1.36 bits per heavy atom. The SMILES string of the molecule is CC1C(=O)OC2CC3C(O)CCC(C)(OC(=O)C(=O)CO)C3C(=O)C21. The fraction of sp³-hybridized carbons (Fsp3) is 0.765. The van der Waals surface area contributed by atoms with E-state index in [2.05, 4.69) is 0 Å². The lowest BCUT2D eigenvalue weighted by Crippen LogP contribution is -2.60. The van der Waals surface area contributed by atoms with Gasteiger partial charge < -0.3 is 19.7 Å². The van der Waals surface area contributed by atoms with Gasteiger partial charge in [-0.2, -0.15) is 0 Å². The third kappa shape index (κ3) is 2.77. The molecule has 1 aliphatic heterocycles. The number of carbonyl (C=O) groups is 4. The van der Waals surface area contributed by atoms with Crippen molar-refractivity contribution in [1.29, 1.82) is 0 Å². The van der Waals surface area contributed by atoms with Crippen molar-refractivity contribution in [1.82, 2.24) is 0 Å². The number of hydrogen-bond donors (Lipinski definition) is 2. The molecule has 1 saturated heterocycles. The summed E-state index contributed by atoms with van der Waals surface area (Å²) in [5.74, 6) is -5.54. The zero-order valence-electron chi connectivity index (χ0n) is 14.1. The minimum absolute atomic E-state index is 0.214. The van der Waals surface area contributed by atoms with Crippen LogP contribution in [0.5, 0.6) is 0 Å². The fourth-order valence-electron chi connectivity index (χ4n) is 4.63. The minimum Gasteiger partial charge on any atom is -0.461 e. The number of fused-ring (bicyclic) bond motifs is 2. The predicted octanol–water partition coefficient (Wildman–Crippen LogP) is -0.613. The molecule has 25 heavy (non-hydrogen) atoms. The van der Waals surface area contributed by atoms with Crippen molar-refractivity contribution in [3.63, 3.8) is 0 Å². The van der Waals surface area contributed by atoms with E-state index in [-0.39, 0.29) is 12.2 Å². The smallest absolute Gasteiger partial charge is 0.377 e. The molecule has 0 aromatic heterocycles. The maximum absolute atomic E-state index is 13.1. The molecular formula is C17H22O8. The number of carbonyl (C=O) groups excluding carboxylic acids is 4. The number of hydrogen-bond acceptors (Lipinski definition) is 8. The Balaban J connectivity index is 1.92. The molecule has 2 saturated carbocycles. The van der Waals surface area contributed by atoms with E-state index in [0.29, 0.717) is 12.8 Å². The van der Waals surface area contributed by atoms with Crippen molar-refractivity contribution in [2.24, 2.45) is 23.7 Å². The van der Waals surface area contributed by atoms with Gasteiger partial charge in [0.2, 0.25) is 0 Å². The molecule has 0 radical (unpaired) electrons. The average Bonchev–Trinajstić information content (AvgIpc) is 2.85. The van der Waals surface area contributed by atoms with Gasteiger partial charge in [-0.05, 0) is 26.2 Å². The maximum atomic E-state index is 13.1. The first-order chi connectivity index (χ1) is 11.7. The second-order valence-electron chi connectivity index (χ2n) is 7.46. The van der Waals surface area contributed by atoms with Crippen LogP contribution in [0.25, 0.3) is 0 Å². The second-order valence-corrected chi connectivity index (χ2v) is 7.46. The lowest BCUT2D eigenvalue weighted by Gasteiger charge is -2.50. The van der Waals surface area contributed by atoms with Crippen molar-refractivity contribution in [2.75, 3.05) is 6.61 Å². The Bertz CT molecular complexity index is 628. The number of ketones is 2. The van der Waals surface area contributed by atoms with Crippen LogP contribution in [0, 0.1) is 23.7 Å². The van der Waals surface area contributed by atoms with Crippen molar-refractivity contribution >= 4 is 23.5 Å². The van der Waals surface area contributed by atoms with Crippen LogP contribution in [0.3, 0.4) is 0 Å². The van der Waals surface area contributed by atoms with Crippen molar-refractivity contribution in [3.8, 4) is 0 Å². The third-order valence-corrected chi connectivity index (χ3v) is 5.93.